The number of halogens is 3. The van der Waals surface area contributed by atoms with Crippen LogP contribution in [0.4, 0.5) is 13.2 Å². The second-order valence-corrected chi connectivity index (χ2v) is 2.87. The Kier molecular flexibility index (Phi) is 3.95. The van der Waals surface area contributed by atoms with Crippen LogP contribution in [0.25, 0.3) is 0 Å². The maximum absolute atomic E-state index is 12.4. The van der Waals surface area contributed by atoms with Gasteiger partial charge in [0.05, 0.1) is 0 Å². The summed E-state index contributed by atoms with van der Waals surface area (Å²) in [5.74, 6) is 4.66. The number of hydrogen-bond donors (Lipinski definition) is 0. The van der Waals surface area contributed by atoms with Crippen molar-refractivity contribution in [2.24, 2.45) is 0 Å². The Morgan fingerprint density at radius 1 is 1.41 bits per heavy atom. The highest BCUT2D eigenvalue weighted by Gasteiger charge is 2.33. The summed E-state index contributed by atoms with van der Waals surface area (Å²) in [5.41, 5.74) is -1.16. The van der Waals surface area contributed by atoms with Crippen LogP contribution in [0, 0.1) is 23.2 Å². The lowest BCUT2D eigenvalue weighted by molar-refractivity contribution is -0.141. The zero-order valence-corrected chi connectivity index (χ0v) is 8.80. The summed E-state index contributed by atoms with van der Waals surface area (Å²) >= 11 is 0. The normalized spacial score (nSPS) is 10.1. The van der Waals surface area contributed by atoms with Crippen LogP contribution in [0.2, 0.25) is 0 Å². The highest BCUT2D eigenvalue weighted by molar-refractivity contribution is 5.39. The van der Waals surface area contributed by atoms with Crippen molar-refractivity contribution in [3.63, 3.8) is 0 Å². The van der Waals surface area contributed by atoms with Crippen molar-refractivity contribution in [1.29, 1.82) is 5.26 Å². The predicted octanol–water partition coefficient (Wildman–Crippen LogP) is 2.37. The molecule has 0 aliphatic carbocycles. The minimum atomic E-state index is -4.57. The van der Waals surface area contributed by atoms with Crippen LogP contribution in [0.1, 0.15) is 18.2 Å². The molecule has 0 spiro atoms. The van der Waals surface area contributed by atoms with Gasteiger partial charge in [-0.15, -0.1) is 5.92 Å². The summed E-state index contributed by atoms with van der Waals surface area (Å²) in [6.45, 7) is 1.45. The molecule has 0 atom stereocenters. The number of nitriles is 1. The standard InChI is InChI=1S/C11H7F3N2O/c1-2-3-6-17-10-8(7-15)4-5-9(16-10)11(12,13)14/h4-5H,6H2,1H3. The van der Waals surface area contributed by atoms with Crippen LogP contribution in [-0.4, -0.2) is 11.6 Å². The number of aromatic nitrogens is 1. The third-order valence-electron chi connectivity index (χ3n) is 1.73. The zero-order valence-electron chi connectivity index (χ0n) is 8.80. The molecule has 1 aromatic heterocycles. The molecule has 0 aliphatic heterocycles. The van der Waals surface area contributed by atoms with Crippen molar-refractivity contribution in [2.75, 3.05) is 6.61 Å². The molecule has 1 aromatic rings. The first-order valence-corrected chi connectivity index (χ1v) is 4.49. The molecule has 88 valence electrons. The van der Waals surface area contributed by atoms with Gasteiger partial charge in [-0.25, -0.2) is 4.98 Å². The topological polar surface area (TPSA) is 45.9 Å². The van der Waals surface area contributed by atoms with Crippen molar-refractivity contribution >= 4 is 0 Å². The van der Waals surface area contributed by atoms with E-state index in [1.165, 1.54) is 0 Å². The molecule has 0 unspecified atom stereocenters. The second-order valence-electron chi connectivity index (χ2n) is 2.87. The molecular formula is C11H7F3N2O. The highest BCUT2D eigenvalue weighted by Crippen LogP contribution is 2.29. The first kappa shape index (κ1) is 12.9. The summed E-state index contributed by atoms with van der Waals surface area (Å²) in [6.07, 6.45) is -4.57. The molecule has 6 heteroatoms. The Labute approximate surface area is 95.8 Å². The van der Waals surface area contributed by atoms with Crippen molar-refractivity contribution in [3.8, 4) is 23.8 Å². The molecule has 0 saturated heterocycles. The Balaban J connectivity index is 3.06. The second kappa shape index (κ2) is 5.22. The molecule has 3 nitrogen and oxygen atoms in total. The van der Waals surface area contributed by atoms with Crippen molar-refractivity contribution in [1.82, 2.24) is 4.98 Å². The van der Waals surface area contributed by atoms with Crippen molar-refractivity contribution in [3.05, 3.63) is 23.4 Å². The third kappa shape index (κ3) is 3.39. The fraction of sp³-hybridized carbons (Fsp3) is 0.273. The van der Waals surface area contributed by atoms with E-state index in [2.05, 4.69) is 16.8 Å². The van der Waals surface area contributed by atoms with E-state index in [-0.39, 0.29) is 18.1 Å². The Morgan fingerprint density at radius 3 is 2.65 bits per heavy atom. The summed E-state index contributed by atoms with van der Waals surface area (Å²) in [4.78, 5) is 3.25. The monoisotopic (exact) mass is 240 g/mol. The van der Waals surface area contributed by atoms with Crippen LogP contribution >= 0.6 is 0 Å². The van der Waals surface area contributed by atoms with E-state index < -0.39 is 11.9 Å². The van der Waals surface area contributed by atoms with E-state index in [9.17, 15) is 13.2 Å². The van der Waals surface area contributed by atoms with Gasteiger partial charge in [0.25, 0.3) is 0 Å². The number of alkyl halides is 3. The first-order valence-electron chi connectivity index (χ1n) is 4.49. The first-order chi connectivity index (χ1) is 7.99. The predicted molar refractivity (Wildman–Crippen MR) is 52.9 cm³/mol. The average molecular weight is 240 g/mol. The maximum atomic E-state index is 12.4. The van der Waals surface area contributed by atoms with E-state index in [0.717, 1.165) is 12.1 Å². The molecule has 0 bridgehead atoms. The smallest absolute Gasteiger partial charge is 0.433 e. The van der Waals surface area contributed by atoms with Crippen molar-refractivity contribution < 1.29 is 17.9 Å². The molecular weight excluding hydrogens is 233 g/mol. The van der Waals surface area contributed by atoms with Gasteiger partial charge < -0.3 is 4.74 Å². The number of nitrogens with zero attached hydrogens (tertiary/aromatic N) is 2. The fourth-order valence-corrected chi connectivity index (χ4v) is 0.970. The van der Waals surface area contributed by atoms with Gasteiger partial charge in [-0.05, 0) is 19.1 Å². The van der Waals surface area contributed by atoms with Gasteiger partial charge in [-0.1, -0.05) is 5.92 Å². The van der Waals surface area contributed by atoms with Gasteiger partial charge in [0, 0.05) is 0 Å². The lowest BCUT2D eigenvalue weighted by Crippen LogP contribution is -2.10. The van der Waals surface area contributed by atoms with Gasteiger partial charge in [-0.3, -0.25) is 0 Å². The highest BCUT2D eigenvalue weighted by atomic mass is 19.4. The van der Waals surface area contributed by atoms with E-state index >= 15 is 0 Å². The summed E-state index contributed by atoms with van der Waals surface area (Å²) < 4.78 is 42.0. The minimum Gasteiger partial charge on any atom is -0.464 e. The SMILES string of the molecule is CC#CCOc1nc(C(F)(F)F)ccc1C#N. The van der Waals surface area contributed by atoms with E-state index in [4.69, 9.17) is 10.00 Å². The van der Waals surface area contributed by atoms with E-state index in [0.29, 0.717) is 0 Å². The number of hydrogen-bond acceptors (Lipinski definition) is 3. The summed E-state index contributed by atoms with van der Waals surface area (Å²) in [6, 6.07) is 3.45. The van der Waals surface area contributed by atoms with Crippen LogP contribution < -0.4 is 4.74 Å². The molecule has 0 aromatic carbocycles. The van der Waals surface area contributed by atoms with Gasteiger partial charge in [-0.2, -0.15) is 18.4 Å². The molecule has 0 amide bonds. The Hall–Kier alpha value is -2.21. The molecule has 0 saturated carbocycles. The number of rotatable bonds is 2. The molecule has 17 heavy (non-hydrogen) atoms. The van der Waals surface area contributed by atoms with Crippen LogP contribution in [0.15, 0.2) is 12.1 Å². The Morgan fingerprint density at radius 2 is 2.12 bits per heavy atom. The summed E-state index contributed by atoms with van der Waals surface area (Å²) in [5, 5.41) is 8.68. The molecule has 0 N–H and O–H groups in total. The average Bonchev–Trinajstić information content (AvgIpc) is 2.28. The number of pyridine rings is 1. The zero-order chi connectivity index (χ0) is 12.9. The molecule has 1 heterocycles. The minimum absolute atomic E-state index is 0.0593. The molecule has 1 rings (SSSR count). The lowest BCUT2D eigenvalue weighted by Gasteiger charge is -2.08. The van der Waals surface area contributed by atoms with E-state index in [1.807, 2.05) is 0 Å². The van der Waals surface area contributed by atoms with E-state index in [1.54, 1.807) is 13.0 Å². The van der Waals surface area contributed by atoms with Crippen LogP contribution in [0.3, 0.4) is 0 Å². The number of ether oxygens (including phenoxy) is 1. The molecule has 0 fully saturated rings. The molecule has 0 aliphatic rings. The fourth-order valence-electron chi connectivity index (χ4n) is 0.970. The molecule has 0 radical (unpaired) electrons. The maximum Gasteiger partial charge on any atom is 0.433 e. The van der Waals surface area contributed by atoms with Gasteiger partial charge >= 0.3 is 6.18 Å². The summed E-state index contributed by atoms with van der Waals surface area (Å²) in [7, 11) is 0. The van der Waals surface area contributed by atoms with Gasteiger partial charge in [0.1, 0.15) is 17.3 Å². The van der Waals surface area contributed by atoms with Gasteiger partial charge in [0.15, 0.2) is 6.61 Å². The van der Waals surface area contributed by atoms with Crippen LogP contribution in [-0.2, 0) is 6.18 Å². The van der Waals surface area contributed by atoms with Gasteiger partial charge in [0.2, 0.25) is 5.88 Å². The lowest BCUT2D eigenvalue weighted by atomic mass is 10.2. The quantitative estimate of drug-likeness (QED) is 0.745. The Bertz CT molecular complexity index is 506. The van der Waals surface area contributed by atoms with Crippen LogP contribution in [0.5, 0.6) is 5.88 Å². The largest absolute Gasteiger partial charge is 0.464 e. The van der Waals surface area contributed by atoms with Crippen molar-refractivity contribution in [2.45, 2.75) is 13.1 Å². The third-order valence-corrected chi connectivity index (χ3v) is 1.73.